The van der Waals surface area contributed by atoms with Gasteiger partial charge < -0.3 is 5.32 Å². The molecule has 0 saturated carbocycles. The fraction of sp³-hybridized carbons (Fsp3) is 0.444. The third-order valence-electron chi connectivity index (χ3n) is 4.13. The molecule has 1 aromatic heterocycles. The largest absolute Gasteiger partial charge is 0.310 e. The number of nitrogens with one attached hydrogen (secondary N) is 1. The Kier molecular flexibility index (Phi) is 5.07. The molecule has 1 fully saturated rings. The van der Waals surface area contributed by atoms with Crippen molar-refractivity contribution in [2.75, 3.05) is 13.1 Å². The molecule has 1 saturated heterocycles. The third-order valence-corrected chi connectivity index (χ3v) is 5.03. The van der Waals surface area contributed by atoms with Gasteiger partial charge in [0.15, 0.2) is 0 Å². The lowest BCUT2D eigenvalue weighted by Gasteiger charge is -2.20. The van der Waals surface area contributed by atoms with E-state index in [0.29, 0.717) is 12.1 Å². The van der Waals surface area contributed by atoms with Crippen molar-refractivity contribution in [3.8, 4) is 0 Å². The Morgan fingerprint density at radius 1 is 1.24 bits per heavy atom. The van der Waals surface area contributed by atoms with Gasteiger partial charge in [-0.3, -0.25) is 4.90 Å². The Morgan fingerprint density at radius 3 is 2.86 bits per heavy atom. The highest BCUT2D eigenvalue weighted by Gasteiger charge is 2.23. The molecule has 2 aromatic rings. The fourth-order valence-electron chi connectivity index (χ4n) is 3.15. The zero-order chi connectivity index (χ0) is 14.5. The fourth-order valence-corrected chi connectivity index (χ4v) is 3.98. The number of likely N-dealkylation sites (tertiary alicyclic amines) is 1. The van der Waals surface area contributed by atoms with E-state index in [0.717, 1.165) is 13.0 Å². The summed E-state index contributed by atoms with van der Waals surface area (Å²) in [6.07, 6.45) is 2.41. The highest BCUT2D eigenvalue weighted by Crippen LogP contribution is 2.16. The van der Waals surface area contributed by atoms with Crippen LogP contribution in [-0.4, -0.2) is 30.1 Å². The standard InChI is InChI=1S/C18H24N2S/c1-15(12-18-8-5-11-21-18)19-17-9-10-20(14-17)13-16-6-3-2-4-7-16/h2-8,11,15,17,19H,9-10,12-14H2,1H3. The molecule has 21 heavy (non-hydrogen) atoms. The Hall–Kier alpha value is -1.16. The predicted octanol–water partition coefficient (Wildman–Crippen LogP) is 3.54. The topological polar surface area (TPSA) is 15.3 Å². The molecule has 0 spiro atoms. The van der Waals surface area contributed by atoms with Gasteiger partial charge in [0.1, 0.15) is 0 Å². The second kappa shape index (κ2) is 7.21. The molecular formula is C18H24N2S. The molecule has 3 rings (SSSR count). The SMILES string of the molecule is CC(Cc1cccs1)NC1CCN(Cc2ccccc2)C1. The zero-order valence-electron chi connectivity index (χ0n) is 12.7. The van der Waals surface area contributed by atoms with Crippen molar-refractivity contribution in [1.82, 2.24) is 10.2 Å². The summed E-state index contributed by atoms with van der Waals surface area (Å²) < 4.78 is 0. The van der Waals surface area contributed by atoms with Crippen molar-refractivity contribution in [3.63, 3.8) is 0 Å². The van der Waals surface area contributed by atoms with E-state index in [2.05, 4.69) is 65.0 Å². The highest BCUT2D eigenvalue weighted by atomic mass is 32.1. The first-order chi connectivity index (χ1) is 10.3. The summed E-state index contributed by atoms with van der Waals surface area (Å²) in [5.41, 5.74) is 1.42. The Morgan fingerprint density at radius 2 is 2.10 bits per heavy atom. The molecule has 1 aliphatic heterocycles. The summed E-state index contributed by atoms with van der Waals surface area (Å²) in [5.74, 6) is 0. The number of benzene rings is 1. The van der Waals surface area contributed by atoms with Crippen LogP contribution in [0.4, 0.5) is 0 Å². The van der Waals surface area contributed by atoms with Crippen LogP contribution in [-0.2, 0) is 13.0 Å². The van der Waals surface area contributed by atoms with Crippen LogP contribution in [0.5, 0.6) is 0 Å². The van der Waals surface area contributed by atoms with Crippen LogP contribution in [0.25, 0.3) is 0 Å². The van der Waals surface area contributed by atoms with Crippen LogP contribution in [0.2, 0.25) is 0 Å². The maximum Gasteiger partial charge on any atom is 0.0234 e. The van der Waals surface area contributed by atoms with Gasteiger partial charge in [0.05, 0.1) is 0 Å². The lowest BCUT2D eigenvalue weighted by atomic mass is 10.1. The average Bonchev–Trinajstić information content (AvgIpc) is 3.12. The van der Waals surface area contributed by atoms with Crippen LogP contribution >= 0.6 is 11.3 Å². The van der Waals surface area contributed by atoms with Gasteiger partial charge in [-0.2, -0.15) is 0 Å². The van der Waals surface area contributed by atoms with Crippen molar-refractivity contribution in [2.45, 2.75) is 38.4 Å². The van der Waals surface area contributed by atoms with Gasteiger partial charge in [-0.1, -0.05) is 36.4 Å². The molecule has 2 unspecified atom stereocenters. The summed E-state index contributed by atoms with van der Waals surface area (Å²) in [4.78, 5) is 4.04. The van der Waals surface area contributed by atoms with E-state index < -0.39 is 0 Å². The number of rotatable bonds is 6. The molecule has 1 aromatic carbocycles. The first kappa shape index (κ1) is 14.8. The molecule has 0 bridgehead atoms. The summed E-state index contributed by atoms with van der Waals surface area (Å²) in [5, 5.41) is 5.96. The molecule has 1 N–H and O–H groups in total. The molecule has 2 atom stereocenters. The molecule has 2 heterocycles. The van der Waals surface area contributed by atoms with E-state index >= 15 is 0 Å². The van der Waals surface area contributed by atoms with Crippen LogP contribution in [0.1, 0.15) is 23.8 Å². The molecule has 2 nitrogen and oxygen atoms in total. The monoisotopic (exact) mass is 300 g/mol. The molecule has 3 heteroatoms. The molecule has 0 radical (unpaired) electrons. The van der Waals surface area contributed by atoms with Crippen molar-refractivity contribution >= 4 is 11.3 Å². The minimum Gasteiger partial charge on any atom is -0.310 e. The van der Waals surface area contributed by atoms with Gasteiger partial charge in [-0.25, -0.2) is 0 Å². The van der Waals surface area contributed by atoms with E-state index in [1.807, 2.05) is 11.3 Å². The van der Waals surface area contributed by atoms with Gasteiger partial charge in [0, 0.05) is 36.6 Å². The second-order valence-electron chi connectivity index (χ2n) is 6.06. The highest BCUT2D eigenvalue weighted by molar-refractivity contribution is 7.09. The van der Waals surface area contributed by atoms with E-state index in [1.165, 1.54) is 30.0 Å². The van der Waals surface area contributed by atoms with Crippen molar-refractivity contribution in [2.24, 2.45) is 0 Å². The smallest absolute Gasteiger partial charge is 0.0234 e. The number of thiophene rings is 1. The maximum atomic E-state index is 3.80. The minimum absolute atomic E-state index is 0.560. The quantitative estimate of drug-likeness (QED) is 0.878. The van der Waals surface area contributed by atoms with Crippen molar-refractivity contribution in [1.29, 1.82) is 0 Å². The van der Waals surface area contributed by atoms with Crippen LogP contribution in [0, 0.1) is 0 Å². The lowest BCUT2D eigenvalue weighted by molar-refractivity contribution is 0.315. The van der Waals surface area contributed by atoms with E-state index in [9.17, 15) is 0 Å². The minimum atomic E-state index is 0.560. The summed E-state index contributed by atoms with van der Waals surface area (Å²) in [6.45, 7) is 5.76. The zero-order valence-corrected chi connectivity index (χ0v) is 13.5. The summed E-state index contributed by atoms with van der Waals surface area (Å²) >= 11 is 1.86. The van der Waals surface area contributed by atoms with E-state index in [1.54, 1.807) is 0 Å². The van der Waals surface area contributed by atoms with Crippen LogP contribution in [0.15, 0.2) is 47.8 Å². The lowest BCUT2D eigenvalue weighted by Crippen LogP contribution is -2.39. The third kappa shape index (κ3) is 4.40. The Bertz CT molecular complexity index is 523. The van der Waals surface area contributed by atoms with Gasteiger partial charge in [0.2, 0.25) is 0 Å². The van der Waals surface area contributed by atoms with Crippen LogP contribution in [0.3, 0.4) is 0 Å². The molecule has 112 valence electrons. The van der Waals surface area contributed by atoms with Crippen molar-refractivity contribution in [3.05, 3.63) is 58.3 Å². The molecule has 0 aliphatic carbocycles. The molecular weight excluding hydrogens is 276 g/mol. The molecule has 0 amide bonds. The van der Waals surface area contributed by atoms with Gasteiger partial charge in [-0.15, -0.1) is 11.3 Å². The van der Waals surface area contributed by atoms with Gasteiger partial charge >= 0.3 is 0 Å². The first-order valence-corrected chi connectivity index (χ1v) is 8.72. The van der Waals surface area contributed by atoms with Crippen LogP contribution < -0.4 is 5.32 Å². The van der Waals surface area contributed by atoms with Crippen molar-refractivity contribution < 1.29 is 0 Å². The first-order valence-electron chi connectivity index (χ1n) is 7.84. The Labute approximate surface area is 131 Å². The predicted molar refractivity (Wildman–Crippen MR) is 90.7 cm³/mol. The summed E-state index contributed by atoms with van der Waals surface area (Å²) in [6, 6.07) is 16.4. The maximum absolute atomic E-state index is 3.80. The number of hydrogen-bond donors (Lipinski definition) is 1. The molecule has 1 aliphatic rings. The number of nitrogens with zero attached hydrogens (tertiary/aromatic N) is 1. The van der Waals surface area contributed by atoms with E-state index in [-0.39, 0.29) is 0 Å². The Balaban J connectivity index is 1.44. The second-order valence-corrected chi connectivity index (χ2v) is 7.09. The van der Waals surface area contributed by atoms with E-state index in [4.69, 9.17) is 0 Å². The summed E-state index contributed by atoms with van der Waals surface area (Å²) in [7, 11) is 0. The number of hydrogen-bond acceptors (Lipinski definition) is 3. The normalized spacial score (nSPS) is 20.7. The van der Waals surface area contributed by atoms with Gasteiger partial charge in [-0.05, 0) is 36.8 Å². The van der Waals surface area contributed by atoms with Gasteiger partial charge in [0.25, 0.3) is 0 Å². The average molecular weight is 300 g/mol.